The fourth-order valence-corrected chi connectivity index (χ4v) is 2.27. The van der Waals surface area contributed by atoms with E-state index in [0.29, 0.717) is 17.9 Å². The van der Waals surface area contributed by atoms with Crippen LogP contribution in [0.3, 0.4) is 0 Å². The van der Waals surface area contributed by atoms with Crippen molar-refractivity contribution in [3.05, 3.63) is 29.8 Å². The van der Waals surface area contributed by atoms with Crippen molar-refractivity contribution in [2.45, 2.75) is 64.7 Å². The highest BCUT2D eigenvalue weighted by molar-refractivity contribution is 5.79. The van der Waals surface area contributed by atoms with E-state index in [9.17, 15) is 4.79 Å². The Hall–Kier alpha value is -1.31. The van der Waals surface area contributed by atoms with Gasteiger partial charge in [0.25, 0.3) is 0 Å². The summed E-state index contributed by atoms with van der Waals surface area (Å²) >= 11 is 0. The lowest BCUT2D eigenvalue weighted by Gasteiger charge is -2.07. The van der Waals surface area contributed by atoms with Crippen molar-refractivity contribution in [1.82, 2.24) is 0 Å². The normalized spacial score (nSPS) is 10.4. The van der Waals surface area contributed by atoms with Crippen molar-refractivity contribution in [2.75, 3.05) is 6.61 Å². The zero-order valence-corrected chi connectivity index (χ0v) is 12.7. The van der Waals surface area contributed by atoms with Gasteiger partial charge in [0.2, 0.25) is 6.29 Å². The first-order valence-electron chi connectivity index (χ1n) is 7.98. The fraction of sp³-hybridized carbons (Fsp3) is 0.611. The van der Waals surface area contributed by atoms with Crippen molar-refractivity contribution in [3.63, 3.8) is 0 Å². The van der Waals surface area contributed by atoms with E-state index < -0.39 is 0 Å². The Balaban J connectivity index is 1.98. The molecule has 0 unspecified atom stereocenters. The van der Waals surface area contributed by atoms with E-state index in [-0.39, 0.29) is 0 Å². The molecule has 20 heavy (non-hydrogen) atoms. The largest absolute Gasteiger partial charge is 0.493 e. The van der Waals surface area contributed by atoms with Gasteiger partial charge in [-0.3, -0.25) is 4.79 Å². The lowest BCUT2D eigenvalue weighted by Crippen LogP contribution is -1.99. The van der Waals surface area contributed by atoms with Gasteiger partial charge >= 0.3 is 0 Å². The van der Waals surface area contributed by atoms with Crippen LogP contribution in [-0.4, -0.2) is 12.9 Å². The number of para-hydroxylation sites is 1. The molecule has 0 aliphatic carbocycles. The van der Waals surface area contributed by atoms with Gasteiger partial charge in [0, 0.05) is 0 Å². The Morgan fingerprint density at radius 2 is 1.50 bits per heavy atom. The lowest BCUT2D eigenvalue weighted by molar-refractivity contribution is 0.303. The van der Waals surface area contributed by atoms with Crippen LogP contribution in [0.15, 0.2) is 24.3 Å². The second-order valence-corrected chi connectivity index (χ2v) is 5.28. The monoisotopic (exact) mass is 275 g/mol. The molecule has 0 spiro atoms. The van der Waals surface area contributed by atoms with Gasteiger partial charge in [0.05, 0.1) is 12.2 Å². The zero-order chi connectivity index (χ0) is 14.5. The lowest BCUT2D eigenvalue weighted by atomic mass is 10.1. The minimum Gasteiger partial charge on any atom is -0.493 e. The zero-order valence-electron chi connectivity index (χ0n) is 12.7. The summed E-state index contributed by atoms with van der Waals surface area (Å²) in [4.78, 5) is 10.7. The summed E-state index contributed by atoms with van der Waals surface area (Å²) in [7, 11) is 0. The number of hydrogen-bond acceptors (Lipinski definition) is 2. The highest BCUT2D eigenvalue weighted by atomic mass is 16.5. The van der Waals surface area contributed by atoms with Gasteiger partial charge in [-0.2, -0.15) is 0 Å². The van der Waals surface area contributed by atoms with Crippen molar-refractivity contribution in [3.8, 4) is 5.75 Å². The standard InChI is InChI=1S/C18H27O2/c1-2-3-4-5-6-7-8-9-12-15-20-18-14-11-10-13-17(18)16-19/h10-11,13-14H,2-9,12,15H2,1H3. The maximum atomic E-state index is 10.7. The van der Waals surface area contributed by atoms with E-state index in [1.807, 2.05) is 24.5 Å². The smallest absolute Gasteiger partial charge is 0.237 e. The minimum atomic E-state index is 0.517. The van der Waals surface area contributed by atoms with Crippen LogP contribution in [0.1, 0.15) is 70.3 Å². The molecule has 0 aliphatic rings. The molecular formula is C18H27O2. The molecule has 1 aromatic rings. The van der Waals surface area contributed by atoms with E-state index in [2.05, 4.69) is 6.92 Å². The van der Waals surface area contributed by atoms with Crippen LogP contribution in [-0.2, 0) is 4.79 Å². The molecule has 0 bridgehead atoms. The topological polar surface area (TPSA) is 26.3 Å². The number of hydrogen-bond donors (Lipinski definition) is 0. The van der Waals surface area contributed by atoms with Crippen molar-refractivity contribution in [2.24, 2.45) is 0 Å². The Bertz CT molecular complexity index is 360. The number of unbranched alkanes of at least 4 members (excludes halogenated alkanes) is 8. The van der Waals surface area contributed by atoms with Gasteiger partial charge in [-0.05, 0) is 18.6 Å². The van der Waals surface area contributed by atoms with Crippen LogP contribution >= 0.6 is 0 Å². The molecule has 0 saturated carbocycles. The van der Waals surface area contributed by atoms with E-state index in [1.165, 1.54) is 51.4 Å². The Morgan fingerprint density at radius 1 is 0.900 bits per heavy atom. The van der Waals surface area contributed by atoms with Crippen LogP contribution in [0.2, 0.25) is 0 Å². The highest BCUT2D eigenvalue weighted by Gasteiger charge is 2.01. The fourth-order valence-electron chi connectivity index (χ4n) is 2.27. The summed E-state index contributed by atoms with van der Waals surface area (Å²) < 4.78 is 5.63. The molecule has 0 aromatic heterocycles. The molecule has 0 atom stereocenters. The Labute approximate surface area is 123 Å². The predicted molar refractivity (Wildman–Crippen MR) is 84.0 cm³/mol. The van der Waals surface area contributed by atoms with E-state index in [4.69, 9.17) is 4.74 Å². The number of ether oxygens (including phenoxy) is 1. The number of rotatable bonds is 12. The van der Waals surface area contributed by atoms with Crippen LogP contribution in [0.25, 0.3) is 0 Å². The number of carbonyl (C=O) groups excluding carboxylic acids is 1. The van der Waals surface area contributed by atoms with Crippen LogP contribution in [0, 0.1) is 0 Å². The molecule has 111 valence electrons. The first-order chi connectivity index (χ1) is 9.88. The molecule has 2 heteroatoms. The van der Waals surface area contributed by atoms with Gasteiger partial charge in [-0.25, -0.2) is 0 Å². The van der Waals surface area contributed by atoms with Crippen LogP contribution in [0.4, 0.5) is 0 Å². The molecule has 0 fully saturated rings. The third-order valence-electron chi connectivity index (χ3n) is 3.50. The van der Waals surface area contributed by atoms with Gasteiger partial charge in [-0.15, -0.1) is 0 Å². The predicted octanol–water partition coefficient (Wildman–Crippen LogP) is 5.05. The van der Waals surface area contributed by atoms with Crippen LogP contribution in [0.5, 0.6) is 5.75 Å². The SMILES string of the molecule is CCCCCCCCCCCOc1ccccc1[C]=O. The number of benzene rings is 1. The third kappa shape index (κ3) is 7.32. The molecule has 0 saturated heterocycles. The molecule has 0 N–H and O–H groups in total. The maximum absolute atomic E-state index is 10.7. The maximum Gasteiger partial charge on any atom is 0.237 e. The molecule has 1 radical (unpaired) electrons. The third-order valence-corrected chi connectivity index (χ3v) is 3.50. The van der Waals surface area contributed by atoms with Gasteiger partial charge < -0.3 is 4.74 Å². The van der Waals surface area contributed by atoms with E-state index >= 15 is 0 Å². The first-order valence-corrected chi connectivity index (χ1v) is 7.98. The second kappa shape index (κ2) is 11.5. The van der Waals surface area contributed by atoms with Crippen molar-refractivity contribution in [1.29, 1.82) is 0 Å². The Morgan fingerprint density at radius 3 is 2.15 bits per heavy atom. The summed E-state index contributed by atoms with van der Waals surface area (Å²) in [6.45, 7) is 2.94. The molecule has 0 amide bonds. The molecule has 1 rings (SSSR count). The first kappa shape index (κ1) is 16.7. The van der Waals surface area contributed by atoms with Gasteiger partial charge in [0.1, 0.15) is 5.75 Å². The molecule has 0 heterocycles. The summed E-state index contributed by atoms with van der Waals surface area (Å²) in [5, 5.41) is 0. The van der Waals surface area contributed by atoms with Crippen molar-refractivity contribution < 1.29 is 9.53 Å². The quantitative estimate of drug-likeness (QED) is 0.499. The highest BCUT2D eigenvalue weighted by Crippen LogP contribution is 2.16. The van der Waals surface area contributed by atoms with E-state index in [1.54, 1.807) is 6.07 Å². The summed E-state index contributed by atoms with van der Waals surface area (Å²) in [5.74, 6) is 0.655. The Kier molecular flexibility index (Phi) is 9.64. The van der Waals surface area contributed by atoms with Crippen LogP contribution < -0.4 is 4.74 Å². The summed E-state index contributed by atoms with van der Waals surface area (Å²) in [6, 6.07) is 7.27. The van der Waals surface area contributed by atoms with E-state index in [0.717, 1.165) is 6.42 Å². The molecular weight excluding hydrogens is 248 g/mol. The minimum absolute atomic E-state index is 0.517. The van der Waals surface area contributed by atoms with Crippen molar-refractivity contribution >= 4 is 6.29 Å². The molecule has 1 aromatic carbocycles. The second-order valence-electron chi connectivity index (χ2n) is 5.28. The van der Waals surface area contributed by atoms with Gasteiger partial charge in [-0.1, -0.05) is 70.4 Å². The molecule has 0 aliphatic heterocycles. The summed E-state index contributed by atoms with van der Waals surface area (Å²) in [6.07, 6.45) is 13.6. The average Bonchev–Trinajstić information content (AvgIpc) is 2.49. The summed E-state index contributed by atoms with van der Waals surface area (Å²) in [5.41, 5.74) is 0.517. The van der Waals surface area contributed by atoms with Gasteiger partial charge in [0.15, 0.2) is 0 Å². The molecule has 2 nitrogen and oxygen atoms in total. The average molecular weight is 275 g/mol.